The second kappa shape index (κ2) is 6.23. The zero-order valence-corrected chi connectivity index (χ0v) is 11.8. The van der Waals surface area contributed by atoms with Crippen molar-refractivity contribution in [2.75, 3.05) is 36.0 Å². The molecule has 0 amide bonds. The molecule has 3 rings (SSSR count). The van der Waals surface area contributed by atoms with Gasteiger partial charge in [-0.1, -0.05) is 6.07 Å². The minimum atomic E-state index is 0.642. The van der Waals surface area contributed by atoms with Crippen molar-refractivity contribution in [2.45, 2.75) is 6.42 Å². The first-order valence-electron chi connectivity index (χ1n) is 7.13. The van der Waals surface area contributed by atoms with E-state index in [4.69, 9.17) is 0 Å². The van der Waals surface area contributed by atoms with Crippen LogP contribution < -0.4 is 9.80 Å². The zero-order valence-electron chi connectivity index (χ0n) is 11.8. The van der Waals surface area contributed by atoms with E-state index in [-0.39, 0.29) is 0 Å². The maximum atomic E-state index is 9.21. The van der Waals surface area contributed by atoms with Crippen LogP contribution >= 0.6 is 0 Å². The van der Waals surface area contributed by atoms with Gasteiger partial charge in [0, 0.05) is 44.8 Å². The van der Waals surface area contributed by atoms with E-state index in [1.54, 1.807) is 12.4 Å². The lowest BCUT2D eigenvalue weighted by Crippen LogP contribution is -2.31. The molecule has 0 N–H and O–H groups in total. The summed E-state index contributed by atoms with van der Waals surface area (Å²) in [5.41, 5.74) is 1.62. The lowest BCUT2D eigenvalue weighted by Gasteiger charge is -2.24. The van der Waals surface area contributed by atoms with Gasteiger partial charge in [0.05, 0.1) is 11.3 Å². The maximum absolute atomic E-state index is 9.21. The van der Waals surface area contributed by atoms with Crippen LogP contribution in [0.25, 0.3) is 0 Å². The summed E-state index contributed by atoms with van der Waals surface area (Å²) in [5, 5.41) is 9.21. The van der Waals surface area contributed by atoms with E-state index >= 15 is 0 Å². The molecule has 1 fully saturated rings. The highest BCUT2D eigenvalue weighted by molar-refractivity contribution is 5.58. The third kappa shape index (κ3) is 2.95. The van der Waals surface area contributed by atoms with Gasteiger partial charge in [0.25, 0.3) is 0 Å². The molecule has 0 aromatic carbocycles. The fraction of sp³-hybridized carbons (Fsp3) is 0.312. The summed E-state index contributed by atoms with van der Waals surface area (Å²) >= 11 is 0. The van der Waals surface area contributed by atoms with Gasteiger partial charge in [-0.05, 0) is 24.6 Å². The lowest BCUT2D eigenvalue weighted by atomic mass is 10.2. The fourth-order valence-corrected chi connectivity index (χ4v) is 2.68. The Morgan fingerprint density at radius 1 is 1.00 bits per heavy atom. The quantitative estimate of drug-likeness (QED) is 0.842. The van der Waals surface area contributed by atoms with Gasteiger partial charge in [-0.3, -0.25) is 4.98 Å². The SMILES string of the molecule is N#Cc1cnccc1N1CCCN(c2ccccn2)CC1. The molecule has 0 bridgehead atoms. The van der Waals surface area contributed by atoms with Crippen LogP contribution in [0.3, 0.4) is 0 Å². The summed E-state index contributed by atoms with van der Waals surface area (Å²) in [6.07, 6.45) is 6.26. The van der Waals surface area contributed by atoms with Crippen LogP contribution in [0.2, 0.25) is 0 Å². The molecule has 106 valence electrons. The predicted octanol–water partition coefficient (Wildman–Crippen LogP) is 2.06. The summed E-state index contributed by atoms with van der Waals surface area (Å²) < 4.78 is 0. The third-order valence-corrected chi connectivity index (χ3v) is 3.73. The van der Waals surface area contributed by atoms with Crippen molar-refractivity contribution in [3.05, 3.63) is 48.4 Å². The Morgan fingerprint density at radius 2 is 1.86 bits per heavy atom. The molecule has 3 heterocycles. The Balaban J connectivity index is 1.76. The molecule has 2 aromatic heterocycles. The first-order chi connectivity index (χ1) is 10.4. The van der Waals surface area contributed by atoms with E-state index in [0.717, 1.165) is 44.1 Å². The van der Waals surface area contributed by atoms with E-state index in [1.165, 1.54) is 0 Å². The van der Waals surface area contributed by atoms with E-state index in [2.05, 4.69) is 25.8 Å². The van der Waals surface area contributed by atoms with E-state index in [9.17, 15) is 5.26 Å². The first-order valence-corrected chi connectivity index (χ1v) is 7.13. The van der Waals surface area contributed by atoms with Crippen molar-refractivity contribution < 1.29 is 0 Å². The van der Waals surface area contributed by atoms with Crippen LogP contribution in [0.1, 0.15) is 12.0 Å². The Morgan fingerprint density at radius 3 is 2.67 bits per heavy atom. The highest BCUT2D eigenvalue weighted by Gasteiger charge is 2.18. The molecule has 0 spiro atoms. The highest BCUT2D eigenvalue weighted by Crippen LogP contribution is 2.21. The normalized spacial score (nSPS) is 15.4. The molecule has 0 radical (unpaired) electrons. The zero-order chi connectivity index (χ0) is 14.5. The minimum Gasteiger partial charge on any atom is -0.369 e. The number of nitrogens with zero attached hydrogens (tertiary/aromatic N) is 5. The molecule has 5 heteroatoms. The fourth-order valence-electron chi connectivity index (χ4n) is 2.68. The van der Waals surface area contributed by atoms with Crippen molar-refractivity contribution in [3.8, 4) is 6.07 Å². The Bertz CT molecular complexity index is 635. The molecule has 21 heavy (non-hydrogen) atoms. The average Bonchev–Trinajstić information content (AvgIpc) is 2.81. The van der Waals surface area contributed by atoms with Crippen LogP contribution in [0.15, 0.2) is 42.9 Å². The molecule has 0 aliphatic carbocycles. The van der Waals surface area contributed by atoms with Gasteiger partial charge < -0.3 is 9.80 Å². The molecule has 1 aliphatic rings. The van der Waals surface area contributed by atoms with Crippen LogP contribution in [0, 0.1) is 11.3 Å². The summed E-state index contributed by atoms with van der Waals surface area (Å²) in [7, 11) is 0. The summed E-state index contributed by atoms with van der Waals surface area (Å²) in [4.78, 5) is 13.0. The Kier molecular flexibility index (Phi) is 3.97. The molecule has 2 aromatic rings. The first kappa shape index (κ1) is 13.4. The predicted molar refractivity (Wildman–Crippen MR) is 82.2 cm³/mol. The Hall–Kier alpha value is -2.61. The molecular weight excluding hydrogens is 262 g/mol. The van der Waals surface area contributed by atoms with Crippen molar-refractivity contribution in [2.24, 2.45) is 0 Å². The van der Waals surface area contributed by atoms with Gasteiger partial charge in [-0.15, -0.1) is 0 Å². The van der Waals surface area contributed by atoms with Gasteiger partial charge in [0.1, 0.15) is 11.9 Å². The minimum absolute atomic E-state index is 0.642. The van der Waals surface area contributed by atoms with Crippen molar-refractivity contribution >= 4 is 11.5 Å². The second-order valence-corrected chi connectivity index (χ2v) is 5.02. The van der Waals surface area contributed by atoms with E-state index in [0.29, 0.717) is 5.56 Å². The van der Waals surface area contributed by atoms with Crippen LogP contribution in [0.4, 0.5) is 11.5 Å². The van der Waals surface area contributed by atoms with Crippen molar-refractivity contribution in [1.82, 2.24) is 9.97 Å². The number of pyridine rings is 2. The lowest BCUT2D eigenvalue weighted by molar-refractivity contribution is 0.797. The number of anilines is 2. The summed E-state index contributed by atoms with van der Waals surface area (Å²) in [5.74, 6) is 1.02. The smallest absolute Gasteiger partial charge is 0.128 e. The van der Waals surface area contributed by atoms with Gasteiger partial charge in [-0.2, -0.15) is 5.26 Å². The monoisotopic (exact) mass is 279 g/mol. The number of nitriles is 1. The second-order valence-electron chi connectivity index (χ2n) is 5.02. The number of hydrogen-bond donors (Lipinski definition) is 0. The van der Waals surface area contributed by atoms with Gasteiger partial charge in [0.2, 0.25) is 0 Å². The molecular formula is C16H17N5. The van der Waals surface area contributed by atoms with Crippen molar-refractivity contribution in [3.63, 3.8) is 0 Å². The number of rotatable bonds is 2. The van der Waals surface area contributed by atoms with E-state index in [1.807, 2.05) is 30.5 Å². The number of hydrogen-bond acceptors (Lipinski definition) is 5. The highest BCUT2D eigenvalue weighted by atomic mass is 15.2. The molecule has 0 saturated carbocycles. The van der Waals surface area contributed by atoms with Gasteiger partial charge in [0.15, 0.2) is 0 Å². The maximum Gasteiger partial charge on any atom is 0.128 e. The third-order valence-electron chi connectivity index (χ3n) is 3.73. The topological polar surface area (TPSA) is 56.1 Å². The van der Waals surface area contributed by atoms with Crippen LogP contribution in [-0.4, -0.2) is 36.1 Å². The van der Waals surface area contributed by atoms with E-state index < -0.39 is 0 Å². The average molecular weight is 279 g/mol. The van der Waals surface area contributed by atoms with Crippen LogP contribution in [-0.2, 0) is 0 Å². The number of aromatic nitrogens is 2. The van der Waals surface area contributed by atoms with Gasteiger partial charge in [-0.25, -0.2) is 4.98 Å². The van der Waals surface area contributed by atoms with Crippen LogP contribution in [0.5, 0.6) is 0 Å². The molecule has 1 saturated heterocycles. The van der Waals surface area contributed by atoms with Crippen molar-refractivity contribution in [1.29, 1.82) is 5.26 Å². The Labute approximate surface area is 124 Å². The summed E-state index contributed by atoms with van der Waals surface area (Å²) in [6, 6.07) is 10.1. The molecule has 0 atom stereocenters. The molecule has 0 unspecified atom stereocenters. The standard InChI is InChI=1S/C16H17N5/c17-12-14-13-18-7-5-15(14)20-8-3-9-21(11-10-20)16-4-1-2-6-19-16/h1-2,4-7,13H,3,8-11H2. The van der Waals surface area contributed by atoms with Gasteiger partial charge >= 0.3 is 0 Å². The molecule has 1 aliphatic heterocycles. The largest absolute Gasteiger partial charge is 0.369 e. The molecule has 5 nitrogen and oxygen atoms in total. The summed E-state index contributed by atoms with van der Waals surface area (Å²) in [6.45, 7) is 3.72.